The van der Waals surface area contributed by atoms with Crippen molar-refractivity contribution in [3.05, 3.63) is 144 Å². The van der Waals surface area contributed by atoms with E-state index in [0.717, 1.165) is 24.5 Å². The van der Waals surface area contributed by atoms with Crippen molar-refractivity contribution in [3.63, 3.8) is 0 Å². The molecule has 0 saturated heterocycles. The summed E-state index contributed by atoms with van der Waals surface area (Å²) >= 11 is 1.58. The molecule has 5 rings (SSSR count). The van der Waals surface area contributed by atoms with E-state index in [9.17, 15) is 18.7 Å². The van der Waals surface area contributed by atoms with Crippen LogP contribution in [0.25, 0.3) is 0 Å². The van der Waals surface area contributed by atoms with E-state index < -0.39 is 17.2 Å². The first-order chi connectivity index (χ1) is 19.4. The smallest absolute Gasteiger partial charge is 0.194 e. The number of ketones is 1. The van der Waals surface area contributed by atoms with Gasteiger partial charge in [-0.15, -0.1) is 0 Å². The van der Waals surface area contributed by atoms with Crippen molar-refractivity contribution in [2.24, 2.45) is 0 Å². The minimum atomic E-state index is -0.922. The Bertz CT molecular complexity index is 1520. The Morgan fingerprint density at radius 3 is 1.45 bits per heavy atom. The Morgan fingerprint density at radius 1 is 0.650 bits per heavy atom. The number of halogens is 2. The molecular formula is C33H25F2O3S2+. The van der Waals surface area contributed by atoms with E-state index >= 15 is 0 Å². The van der Waals surface area contributed by atoms with Gasteiger partial charge in [-0.25, -0.2) is 8.78 Å². The zero-order valence-electron chi connectivity index (χ0n) is 21.5. The van der Waals surface area contributed by atoms with Gasteiger partial charge in [0.15, 0.2) is 26.8 Å². The average Bonchev–Trinajstić information content (AvgIpc) is 2.96. The van der Waals surface area contributed by atoms with Crippen molar-refractivity contribution in [1.29, 1.82) is 0 Å². The topological polar surface area (TPSA) is 46.5 Å². The minimum absolute atomic E-state index is 0.0990. The molecule has 1 atom stereocenters. The summed E-state index contributed by atoms with van der Waals surface area (Å²) in [6.07, 6.45) is -0.922. The van der Waals surface area contributed by atoms with E-state index in [2.05, 4.69) is 0 Å². The van der Waals surface area contributed by atoms with Crippen molar-refractivity contribution >= 4 is 28.4 Å². The quantitative estimate of drug-likeness (QED) is 0.110. The molecule has 5 aromatic carbocycles. The summed E-state index contributed by atoms with van der Waals surface area (Å²) < 4.78 is 32.4. The van der Waals surface area contributed by atoms with E-state index in [1.807, 2.05) is 36.4 Å². The van der Waals surface area contributed by atoms with E-state index in [1.54, 1.807) is 72.4 Å². The molecule has 0 aliphatic rings. The lowest BCUT2D eigenvalue weighted by molar-refractivity contribution is -0.000294. The SMILES string of the molecule is CC(O)Oc1ccc(C(=O)c2ccc(Sc3ccc([S+](c4ccc(F)cc4)c4ccc(F)cc4)cc3)cc2)cc1. The summed E-state index contributed by atoms with van der Waals surface area (Å²) in [5, 5.41) is 9.33. The van der Waals surface area contributed by atoms with Gasteiger partial charge < -0.3 is 9.84 Å². The second kappa shape index (κ2) is 12.5. The van der Waals surface area contributed by atoms with E-state index in [0.29, 0.717) is 16.9 Å². The van der Waals surface area contributed by atoms with Crippen LogP contribution in [-0.4, -0.2) is 17.2 Å². The molecule has 0 amide bonds. The van der Waals surface area contributed by atoms with Crippen LogP contribution in [0.2, 0.25) is 0 Å². The Kier molecular flexibility index (Phi) is 8.65. The van der Waals surface area contributed by atoms with Crippen LogP contribution in [0.15, 0.2) is 146 Å². The van der Waals surface area contributed by atoms with Gasteiger partial charge in [-0.05, 0) is 128 Å². The van der Waals surface area contributed by atoms with Crippen LogP contribution in [0.4, 0.5) is 8.78 Å². The van der Waals surface area contributed by atoms with Crippen LogP contribution in [0, 0.1) is 11.6 Å². The molecule has 40 heavy (non-hydrogen) atoms. The van der Waals surface area contributed by atoms with Gasteiger partial charge in [0.2, 0.25) is 0 Å². The van der Waals surface area contributed by atoms with Crippen molar-refractivity contribution in [3.8, 4) is 5.75 Å². The van der Waals surface area contributed by atoms with Gasteiger partial charge >= 0.3 is 0 Å². The molecule has 0 bridgehead atoms. The third kappa shape index (κ3) is 6.80. The largest absolute Gasteiger partial charge is 0.465 e. The predicted molar refractivity (Wildman–Crippen MR) is 154 cm³/mol. The summed E-state index contributed by atoms with van der Waals surface area (Å²) in [5.41, 5.74) is 1.11. The number of aliphatic hydroxyl groups is 1. The molecule has 5 aromatic rings. The zero-order valence-corrected chi connectivity index (χ0v) is 23.1. The van der Waals surface area contributed by atoms with Gasteiger partial charge in [0.05, 0.1) is 10.9 Å². The maximum atomic E-state index is 13.6. The fourth-order valence-electron chi connectivity index (χ4n) is 4.05. The van der Waals surface area contributed by atoms with Gasteiger partial charge in [0, 0.05) is 20.9 Å². The minimum Gasteiger partial charge on any atom is -0.465 e. The molecule has 0 fully saturated rings. The summed E-state index contributed by atoms with van der Waals surface area (Å²) in [6, 6.07) is 35.1. The van der Waals surface area contributed by atoms with Crippen molar-refractivity contribution in [2.75, 3.05) is 0 Å². The monoisotopic (exact) mass is 571 g/mol. The summed E-state index contributed by atoms with van der Waals surface area (Å²) in [5.74, 6) is -0.207. The molecule has 0 spiro atoms. The van der Waals surface area contributed by atoms with Gasteiger partial charge in [-0.1, -0.05) is 11.8 Å². The highest BCUT2D eigenvalue weighted by Crippen LogP contribution is 2.34. The van der Waals surface area contributed by atoms with Crippen molar-refractivity contribution < 1.29 is 23.4 Å². The average molecular weight is 572 g/mol. The molecule has 0 saturated carbocycles. The van der Waals surface area contributed by atoms with Gasteiger partial charge in [0.25, 0.3) is 0 Å². The summed E-state index contributed by atoms with van der Waals surface area (Å²) in [6.45, 7) is 1.52. The molecule has 1 N–H and O–H groups in total. The Hall–Kier alpha value is -3.91. The molecule has 0 aliphatic carbocycles. The Labute approximate surface area is 238 Å². The fourth-order valence-corrected chi connectivity index (χ4v) is 6.91. The normalized spacial score (nSPS) is 11.8. The van der Waals surface area contributed by atoms with Crippen molar-refractivity contribution in [2.45, 2.75) is 37.7 Å². The second-order valence-corrected chi connectivity index (χ2v) is 12.1. The van der Waals surface area contributed by atoms with Crippen molar-refractivity contribution in [1.82, 2.24) is 0 Å². The van der Waals surface area contributed by atoms with Gasteiger partial charge in [-0.2, -0.15) is 0 Å². The molecule has 1 unspecified atom stereocenters. The predicted octanol–water partition coefficient (Wildman–Crippen LogP) is 8.16. The number of hydrogen-bond acceptors (Lipinski definition) is 4. The third-order valence-corrected chi connectivity index (χ3v) is 9.18. The highest BCUT2D eigenvalue weighted by Gasteiger charge is 2.28. The van der Waals surface area contributed by atoms with Crippen LogP contribution in [0.5, 0.6) is 5.75 Å². The molecule has 200 valence electrons. The maximum Gasteiger partial charge on any atom is 0.194 e. The third-order valence-electron chi connectivity index (χ3n) is 5.93. The summed E-state index contributed by atoms with van der Waals surface area (Å²) in [4.78, 5) is 17.8. The summed E-state index contributed by atoms with van der Waals surface area (Å²) in [7, 11) is -0.518. The van der Waals surface area contributed by atoms with Crippen LogP contribution in [0.3, 0.4) is 0 Å². The maximum absolute atomic E-state index is 13.6. The number of carbonyl (C=O) groups excluding carboxylic acids is 1. The first-order valence-electron chi connectivity index (χ1n) is 12.5. The number of rotatable bonds is 9. The fraction of sp³-hybridized carbons (Fsp3) is 0.0606. The Balaban J connectivity index is 1.30. The molecule has 0 heterocycles. The lowest BCUT2D eigenvalue weighted by Gasteiger charge is -2.10. The highest BCUT2D eigenvalue weighted by atomic mass is 32.2. The highest BCUT2D eigenvalue weighted by molar-refractivity contribution is 7.99. The number of ether oxygens (including phenoxy) is 1. The lowest BCUT2D eigenvalue weighted by Crippen LogP contribution is -2.09. The van der Waals surface area contributed by atoms with E-state index in [1.165, 1.54) is 31.2 Å². The van der Waals surface area contributed by atoms with Crippen LogP contribution in [0.1, 0.15) is 22.8 Å². The van der Waals surface area contributed by atoms with E-state index in [-0.39, 0.29) is 17.4 Å². The van der Waals surface area contributed by atoms with Gasteiger partial charge in [-0.3, -0.25) is 4.79 Å². The lowest BCUT2D eigenvalue weighted by atomic mass is 10.0. The van der Waals surface area contributed by atoms with Gasteiger partial charge in [0.1, 0.15) is 17.4 Å². The molecule has 0 aromatic heterocycles. The first kappa shape index (κ1) is 27.6. The molecule has 0 aliphatic heterocycles. The van der Waals surface area contributed by atoms with Crippen LogP contribution in [-0.2, 0) is 10.9 Å². The number of hydrogen-bond donors (Lipinski definition) is 1. The molecule has 7 heteroatoms. The molecule has 0 radical (unpaired) electrons. The zero-order chi connectivity index (χ0) is 28.1. The van der Waals surface area contributed by atoms with E-state index in [4.69, 9.17) is 4.74 Å². The second-order valence-electron chi connectivity index (χ2n) is 8.88. The number of carbonyl (C=O) groups is 1. The van der Waals surface area contributed by atoms with Crippen LogP contribution < -0.4 is 4.74 Å². The standard InChI is InChI=1S/C33H25F2O3S2/c1-22(36)38-27-10-2-23(3-11-27)33(37)24-4-12-28(13-5-24)39-29-14-20-32(21-15-29)40(30-16-6-25(34)7-17-30)31-18-8-26(35)9-19-31/h2-22,36H,1H3/q+1. The molecule has 3 nitrogen and oxygen atoms in total. The molecular weight excluding hydrogens is 546 g/mol. The first-order valence-corrected chi connectivity index (χ1v) is 14.5. The number of benzene rings is 5. The Morgan fingerprint density at radius 2 is 1.02 bits per heavy atom. The number of aliphatic hydroxyl groups excluding tert-OH is 1. The van der Waals surface area contributed by atoms with Crippen LogP contribution >= 0.6 is 11.8 Å².